The summed E-state index contributed by atoms with van der Waals surface area (Å²) in [6.07, 6.45) is 3.54. The van der Waals surface area contributed by atoms with E-state index >= 15 is 0 Å². The second-order valence-electron chi connectivity index (χ2n) is 7.54. The number of hydrogen-bond acceptors (Lipinski definition) is 4. The van der Waals surface area contributed by atoms with E-state index in [4.69, 9.17) is 4.42 Å². The Bertz CT molecular complexity index is 1190. The monoisotopic (exact) mass is 477 g/mol. The lowest BCUT2D eigenvalue weighted by Gasteiger charge is -2.32. The second-order valence-corrected chi connectivity index (χ2v) is 8.46. The average molecular weight is 478 g/mol. The lowest BCUT2D eigenvalue weighted by molar-refractivity contribution is -0.116. The van der Waals surface area contributed by atoms with Crippen LogP contribution in [0, 0.1) is 0 Å². The van der Waals surface area contributed by atoms with E-state index in [1.807, 2.05) is 54.6 Å². The number of Topliss-reactive ketones (excluding diaryl/α,β-unsaturated/α-hetero) is 1. The van der Waals surface area contributed by atoms with Crippen molar-refractivity contribution in [3.05, 3.63) is 88.4 Å². The molecule has 2 heterocycles. The molecule has 1 atom stereocenters. The number of furan rings is 1. The molecule has 2 N–H and O–H groups in total. The Morgan fingerprint density at radius 3 is 2.77 bits per heavy atom. The van der Waals surface area contributed by atoms with Gasteiger partial charge in [-0.2, -0.15) is 0 Å². The van der Waals surface area contributed by atoms with Crippen LogP contribution in [0.5, 0.6) is 0 Å². The first-order valence-electron chi connectivity index (χ1n) is 10.1. The zero-order valence-electron chi connectivity index (χ0n) is 16.6. The Labute approximate surface area is 188 Å². The highest BCUT2D eigenvalue weighted by atomic mass is 79.9. The number of nitrogens with zero attached hydrogens (tertiary/aromatic N) is 1. The number of ketones is 1. The molecule has 1 unspecified atom stereocenters. The number of nitrogens with one attached hydrogen (secondary N) is 2. The fraction of sp³-hybridized carbons (Fsp3) is 0.167. The van der Waals surface area contributed by atoms with Crippen molar-refractivity contribution in [3.63, 3.8) is 0 Å². The maximum absolute atomic E-state index is 13.7. The molecule has 1 aromatic heterocycles. The fourth-order valence-electron chi connectivity index (χ4n) is 4.22. The SMILES string of the molecule is O=C1CCCC2=C1C(c1ccco1)N(C(=O)Nc1cccc(Br)c1)c1ccccc1N2. The number of allylic oxidation sites excluding steroid dienone is 1. The van der Waals surface area contributed by atoms with Crippen LogP contribution in [0.2, 0.25) is 0 Å². The van der Waals surface area contributed by atoms with Crippen LogP contribution < -0.4 is 15.5 Å². The van der Waals surface area contributed by atoms with Crippen molar-refractivity contribution in [2.75, 3.05) is 15.5 Å². The van der Waals surface area contributed by atoms with E-state index in [0.29, 0.717) is 29.1 Å². The van der Waals surface area contributed by atoms with E-state index in [1.54, 1.807) is 17.2 Å². The highest BCUT2D eigenvalue weighted by molar-refractivity contribution is 9.10. The van der Waals surface area contributed by atoms with Gasteiger partial charge in [0.05, 0.1) is 17.6 Å². The quantitative estimate of drug-likeness (QED) is 0.456. The molecule has 156 valence electrons. The number of carbonyl (C=O) groups is 2. The lowest BCUT2D eigenvalue weighted by atomic mass is 9.88. The molecule has 1 aliphatic heterocycles. The number of rotatable bonds is 2. The van der Waals surface area contributed by atoms with Gasteiger partial charge in [-0.15, -0.1) is 0 Å². The smallest absolute Gasteiger partial charge is 0.327 e. The van der Waals surface area contributed by atoms with Crippen molar-refractivity contribution in [2.45, 2.75) is 25.3 Å². The number of fused-ring (bicyclic) bond motifs is 1. The Morgan fingerprint density at radius 1 is 1.10 bits per heavy atom. The van der Waals surface area contributed by atoms with Crippen LogP contribution in [0.1, 0.15) is 31.1 Å². The van der Waals surface area contributed by atoms with Gasteiger partial charge >= 0.3 is 6.03 Å². The first kappa shape index (κ1) is 19.6. The van der Waals surface area contributed by atoms with Crippen molar-refractivity contribution < 1.29 is 14.0 Å². The summed E-state index contributed by atoms with van der Waals surface area (Å²) < 4.78 is 6.61. The summed E-state index contributed by atoms with van der Waals surface area (Å²) in [6.45, 7) is 0. The lowest BCUT2D eigenvalue weighted by Crippen LogP contribution is -2.40. The Balaban J connectivity index is 1.68. The third-order valence-electron chi connectivity index (χ3n) is 5.54. The topological polar surface area (TPSA) is 74.6 Å². The number of anilines is 3. The summed E-state index contributed by atoms with van der Waals surface area (Å²) in [7, 11) is 0. The Hall–Kier alpha value is -3.32. The van der Waals surface area contributed by atoms with E-state index < -0.39 is 6.04 Å². The highest BCUT2D eigenvalue weighted by Crippen LogP contribution is 2.45. The van der Waals surface area contributed by atoms with Crippen molar-refractivity contribution in [1.29, 1.82) is 0 Å². The summed E-state index contributed by atoms with van der Waals surface area (Å²) >= 11 is 3.44. The molecule has 0 saturated carbocycles. The van der Waals surface area contributed by atoms with Crippen LogP contribution in [-0.2, 0) is 4.79 Å². The second kappa shape index (κ2) is 8.07. The van der Waals surface area contributed by atoms with E-state index in [1.165, 1.54) is 0 Å². The van der Waals surface area contributed by atoms with Crippen LogP contribution in [0.4, 0.5) is 21.9 Å². The molecule has 0 radical (unpaired) electrons. The van der Waals surface area contributed by atoms with Gasteiger partial charge in [-0.05, 0) is 55.3 Å². The van der Waals surface area contributed by atoms with Gasteiger partial charge in [0.15, 0.2) is 5.78 Å². The van der Waals surface area contributed by atoms with E-state index in [9.17, 15) is 9.59 Å². The van der Waals surface area contributed by atoms with Gasteiger partial charge in [0.1, 0.15) is 11.8 Å². The first-order chi connectivity index (χ1) is 15.1. The highest BCUT2D eigenvalue weighted by Gasteiger charge is 2.41. The van der Waals surface area contributed by atoms with Crippen molar-refractivity contribution in [1.82, 2.24) is 0 Å². The number of benzene rings is 2. The predicted octanol–water partition coefficient (Wildman–Crippen LogP) is 6.25. The van der Waals surface area contributed by atoms with Gasteiger partial charge in [0.25, 0.3) is 0 Å². The van der Waals surface area contributed by atoms with Crippen molar-refractivity contribution in [2.24, 2.45) is 0 Å². The van der Waals surface area contributed by atoms with Gasteiger partial charge < -0.3 is 15.1 Å². The number of carbonyl (C=O) groups excluding carboxylic acids is 2. The minimum Gasteiger partial charge on any atom is -0.467 e. The molecule has 3 aromatic rings. The van der Waals surface area contributed by atoms with Crippen LogP contribution >= 0.6 is 15.9 Å². The summed E-state index contributed by atoms with van der Waals surface area (Å²) in [6, 6.07) is 17.6. The fourth-order valence-corrected chi connectivity index (χ4v) is 4.62. The molecule has 6 nitrogen and oxygen atoms in total. The summed E-state index contributed by atoms with van der Waals surface area (Å²) in [5, 5.41) is 6.41. The third-order valence-corrected chi connectivity index (χ3v) is 6.04. The zero-order valence-corrected chi connectivity index (χ0v) is 18.2. The largest absolute Gasteiger partial charge is 0.467 e. The molecule has 0 spiro atoms. The third kappa shape index (κ3) is 3.65. The van der Waals surface area contributed by atoms with Crippen LogP contribution in [0.3, 0.4) is 0 Å². The number of urea groups is 1. The summed E-state index contributed by atoms with van der Waals surface area (Å²) in [5.74, 6) is 0.578. The molecule has 31 heavy (non-hydrogen) atoms. The number of hydrogen-bond donors (Lipinski definition) is 2. The molecule has 2 aliphatic rings. The van der Waals surface area contributed by atoms with Crippen LogP contribution in [0.25, 0.3) is 0 Å². The molecule has 0 fully saturated rings. The first-order valence-corrected chi connectivity index (χ1v) is 10.9. The molecule has 2 aromatic carbocycles. The maximum Gasteiger partial charge on any atom is 0.327 e. The molecule has 2 amide bonds. The molecule has 5 rings (SSSR count). The average Bonchev–Trinajstić information content (AvgIpc) is 3.23. The predicted molar refractivity (Wildman–Crippen MR) is 123 cm³/mol. The molecule has 7 heteroatoms. The summed E-state index contributed by atoms with van der Waals surface area (Å²) in [5.41, 5.74) is 3.54. The number of para-hydroxylation sites is 2. The number of amides is 2. The number of halogens is 1. The Kier molecular flexibility index (Phi) is 5.11. The van der Waals surface area contributed by atoms with E-state index in [2.05, 4.69) is 26.6 Å². The molecular weight excluding hydrogens is 458 g/mol. The Morgan fingerprint density at radius 2 is 1.97 bits per heavy atom. The van der Waals surface area contributed by atoms with Gasteiger partial charge in [-0.3, -0.25) is 9.69 Å². The van der Waals surface area contributed by atoms with Gasteiger partial charge in [0.2, 0.25) is 0 Å². The normalized spacial score (nSPS) is 18.0. The van der Waals surface area contributed by atoms with Crippen molar-refractivity contribution >= 4 is 44.8 Å². The molecule has 0 saturated heterocycles. The van der Waals surface area contributed by atoms with Crippen LogP contribution in [0.15, 0.2) is 87.1 Å². The molecule has 1 aliphatic carbocycles. The maximum atomic E-state index is 13.7. The van der Waals surface area contributed by atoms with Crippen molar-refractivity contribution in [3.8, 4) is 0 Å². The van der Waals surface area contributed by atoms with E-state index in [-0.39, 0.29) is 11.8 Å². The van der Waals surface area contributed by atoms with E-state index in [0.717, 1.165) is 28.7 Å². The minimum atomic E-state index is -0.666. The summed E-state index contributed by atoms with van der Waals surface area (Å²) in [4.78, 5) is 28.4. The molecular formula is C24H20BrN3O3. The van der Waals surface area contributed by atoms with Gasteiger partial charge in [0, 0.05) is 27.9 Å². The van der Waals surface area contributed by atoms with Gasteiger partial charge in [-0.1, -0.05) is 34.1 Å². The standard InChI is InChI=1S/C24H20BrN3O3/c25-15-6-3-7-16(14-15)26-24(30)28-19-10-2-1-8-17(19)27-18-9-4-11-20(29)22(18)23(28)21-12-5-13-31-21/h1-3,5-8,10,12-14,23,27H,4,9,11H2,(H,26,30). The minimum absolute atomic E-state index is 0.0308. The van der Waals surface area contributed by atoms with Crippen LogP contribution in [-0.4, -0.2) is 11.8 Å². The zero-order chi connectivity index (χ0) is 21.4. The van der Waals surface area contributed by atoms with Gasteiger partial charge in [-0.25, -0.2) is 4.79 Å². The molecule has 0 bridgehead atoms.